The predicted molar refractivity (Wildman–Crippen MR) is 104 cm³/mol. The van der Waals surface area contributed by atoms with Gasteiger partial charge in [-0.05, 0) is 66.4 Å². The molecule has 1 aliphatic heterocycles. The van der Waals surface area contributed by atoms with Gasteiger partial charge in [0.05, 0.1) is 18.8 Å². The normalized spacial score (nSPS) is 23.4. The van der Waals surface area contributed by atoms with Crippen LogP contribution in [0.4, 0.5) is 0 Å². The van der Waals surface area contributed by atoms with Crippen molar-refractivity contribution < 1.29 is 9.84 Å². The first-order valence-electron chi connectivity index (χ1n) is 10.3. The molecule has 3 nitrogen and oxygen atoms in total. The van der Waals surface area contributed by atoms with Crippen LogP contribution < -0.4 is 5.43 Å². The van der Waals surface area contributed by atoms with Gasteiger partial charge in [0.15, 0.2) is 5.43 Å². The van der Waals surface area contributed by atoms with Crippen molar-refractivity contribution in [3.63, 3.8) is 0 Å². The van der Waals surface area contributed by atoms with E-state index in [1.807, 2.05) is 0 Å². The van der Waals surface area contributed by atoms with E-state index in [2.05, 4.69) is 19.9 Å². The van der Waals surface area contributed by atoms with E-state index in [1.54, 1.807) is 0 Å². The van der Waals surface area contributed by atoms with E-state index < -0.39 is 5.60 Å². The Kier molecular flexibility index (Phi) is 4.79. The van der Waals surface area contributed by atoms with E-state index in [1.165, 1.54) is 11.1 Å². The summed E-state index contributed by atoms with van der Waals surface area (Å²) < 4.78 is 5.76. The molecule has 0 bridgehead atoms. The number of fused-ring (bicyclic) bond motifs is 5. The number of ether oxygens (including phenoxy) is 1. The average molecular weight is 354 g/mol. The fourth-order valence-corrected chi connectivity index (χ4v) is 5.19. The van der Waals surface area contributed by atoms with Crippen LogP contribution in [0.3, 0.4) is 0 Å². The van der Waals surface area contributed by atoms with Crippen LogP contribution in [-0.4, -0.2) is 10.7 Å². The first kappa shape index (κ1) is 17.9. The van der Waals surface area contributed by atoms with Crippen LogP contribution in [0, 0.1) is 0 Å². The molecule has 0 aromatic heterocycles. The van der Waals surface area contributed by atoms with Crippen LogP contribution in [0.25, 0.3) is 5.57 Å². The Hall–Kier alpha value is -1.45. The van der Waals surface area contributed by atoms with E-state index in [4.69, 9.17) is 4.74 Å². The van der Waals surface area contributed by atoms with Crippen LogP contribution in [-0.2, 0) is 37.2 Å². The maximum atomic E-state index is 13.5. The monoisotopic (exact) mass is 354 g/mol. The minimum Gasteiger partial charge on any atom is -0.385 e. The summed E-state index contributed by atoms with van der Waals surface area (Å²) in [6.45, 7) is 5.39. The third kappa shape index (κ3) is 2.68. The van der Waals surface area contributed by atoms with Crippen LogP contribution in [0.5, 0.6) is 0 Å². The number of allylic oxidation sites excluding steroid dienone is 1. The number of hydrogen-bond donors (Lipinski definition) is 1. The van der Waals surface area contributed by atoms with Gasteiger partial charge < -0.3 is 9.84 Å². The number of rotatable bonds is 5. The molecule has 1 aromatic rings. The molecule has 0 amide bonds. The molecule has 3 aliphatic rings. The molecular formula is C23H30O3. The molecule has 1 aromatic carbocycles. The zero-order valence-electron chi connectivity index (χ0n) is 16.1. The second kappa shape index (κ2) is 6.94. The van der Waals surface area contributed by atoms with Crippen molar-refractivity contribution >= 4 is 5.57 Å². The molecule has 1 N–H and O–H groups in total. The summed E-state index contributed by atoms with van der Waals surface area (Å²) in [4.78, 5) is 13.5. The van der Waals surface area contributed by atoms with Gasteiger partial charge in [-0.2, -0.15) is 0 Å². The number of aliphatic hydroxyl groups is 1. The summed E-state index contributed by atoms with van der Waals surface area (Å²) >= 11 is 0. The number of unbranched alkanes of at least 4 members (excludes halogenated alkanes) is 2. The highest BCUT2D eigenvalue weighted by atomic mass is 16.5. The molecule has 4 rings (SSSR count). The van der Waals surface area contributed by atoms with Gasteiger partial charge in [0.2, 0.25) is 0 Å². The van der Waals surface area contributed by atoms with Crippen LogP contribution in [0.1, 0.15) is 85.8 Å². The Labute approximate surface area is 156 Å². The molecule has 1 heterocycles. The Balaban J connectivity index is 2.01. The minimum absolute atomic E-state index is 0.210. The highest BCUT2D eigenvalue weighted by Crippen LogP contribution is 2.49. The summed E-state index contributed by atoms with van der Waals surface area (Å²) in [6, 6.07) is 0. The van der Waals surface area contributed by atoms with Crippen molar-refractivity contribution in [1.29, 1.82) is 0 Å². The zero-order chi connectivity index (χ0) is 18.3. The standard InChI is InChI=1S/C23H30O3/c1-3-5-6-9-16-21-17(12-23(25)11-8-7-10-20(21)23)19-14-26-13-18(19)15(4-2)22(16)24/h10,25H,3-9,11-14H2,1-2H3. The Bertz CT molecular complexity index is 821. The molecule has 2 aliphatic carbocycles. The fraction of sp³-hybridized carbons (Fsp3) is 0.609. The van der Waals surface area contributed by atoms with E-state index in [0.29, 0.717) is 19.6 Å². The van der Waals surface area contributed by atoms with Crippen molar-refractivity contribution in [3.8, 4) is 0 Å². The fourth-order valence-electron chi connectivity index (χ4n) is 5.19. The molecule has 0 saturated carbocycles. The van der Waals surface area contributed by atoms with Crippen molar-refractivity contribution in [1.82, 2.24) is 0 Å². The third-order valence-corrected chi connectivity index (χ3v) is 6.50. The summed E-state index contributed by atoms with van der Waals surface area (Å²) in [5, 5.41) is 11.3. The van der Waals surface area contributed by atoms with E-state index in [0.717, 1.165) is 79.2 Å². The summed E-state index contributed by atoms with van der Waals surface area (Å²) in [5.41, 5.74) is 6.98. The first-order chi connectivity index (χ1) is 12.6. The van der Waals surface area contributed by atoms with Gasteiger partial charge in [-0.15, -0.1) is 0 Å². The summed E-state index contributed by atoms with van der Waals surface area (Å²) in [7, 11) is 0. The zero-order valence-corrected chi connectivity index (χ0v) is 16.1. The lowest BCUT2D eigenvalue weighted by atomic mass is 9.82. The lowest BCUT2D eigenvalue weighted by Gasteiger charge is -2.28. The highest BCUT2D eigenvalue weighted by molar-refractivity contribution is 5.83. The van der Waals surface area contributed by atoms with E-state index >= 15 is 0 Å². The van der Waals surface area contributed by atoms with Crippen molar-refractivity contribution in [2.75, 3.05) is 0 Å². The molecule has 0 fully saturated rings. The highest BCUT2D eigenvalue weighted by Gasteiger charge is 2.44. The molecule has 1 unspecified atom stereocenters. The van der Waals surface area contributed by atoms with Gasteiger partial charge in [0.1, 0.15) is 0 Å². The van der Waals surface area contributed by atoms with Gasteiger partial charge in [-0.25, -0.2) is 0 Å². The molecule has 140 valence electrons. The second-order valence-corrected chi connectivity index (χ2v) is 8.12. The molecule has 26 heavy (non-hydrogen) atoms. The van der Waals surface area contributed by atoms with Crippen molar-refractivity contribution in [2.24, 2.45) is 0 Å². The van der Waals surface area contributed by atoms with Gasteiger partial charge in [0.25, 0.3) is 0 Å². The van der Waals surface area contributed by atoms with Crippen LogP contribution in [0.15, 0.2) is 10.9 Å². The average Bonchev–Trinajstić information content (AvgIpc) is 3.19. The van der Waals surface area contributed by atoms with Crippen LogP contribution in [0.2, 0.25) is 0 Å². The largest absolute Gasteiger partial charge is 0.385 e. The third-order valence-electron chi connectivity index (χ3n) is 6.50. The van der Waals surface area contributed by atoms with Gasteiger partial charge in [-0.1, -0.05) is 32.8 Å². The predicted octanol–water partition coefficient (Wildman–Crippen LogP) is 4.23. The van der Waals surface area contributed by atoms with Gasteiger partial charge in [0, 0.05) is 17.5 Å². The first-order valence-corrected chi connectivity index (χ1v) is 10.3. The lowest BCUT2D eigenvalue weighted by Crippen LogP contribution is -2.30. The summed E-state index contributed by atoms with van der Waals surface area (Å²) in [5.74, 6) is 0. The second-order valence-electron chi connectivity index (χ2n) is 8.12. The lowest BCUT2D eigenvalue weighted by molar-refractivity contribution is 0.0917. The molecule has 1 atom stereocenters. The minimum atomic E-state index is -0.774. The van der Waals surface area contributed by atoms with Crippen molar-refractivity contribution in [3.05, 3.63) is 49.7 Å². The molecule has 0 radical (unpaired) electrons. The van der Waals surface area contributed by atoms with Crippen molar-refractivity contribution in [2.45, 2.75) is 90.4 Å². The van der Waals surface area contributed by atoms with Gasteiger partial charge >= 0.3 is 0 Å². The molecular weight excluding hydrogens is 324 g/mol. The smallest absolute Gasteiger partial charge is 0.185 e. The molecule has 0 spiro atoms. The summed E-state index contributed by atoms with van der Waals surface area (Å²) in [6.07, 6.45) is 10.6. The van der Waals surface area contributed by atoms with E-state index in [9.17, 15) is 9.90 Å². The van der Waals surface area contributed by atoms with E-state index in [-0.39, 0.29) is 5.43 Å². The maximum absolute atomic E-state index is 13.5. The maximum Gasteiger partial charge on any atom is 0.185 e. The topological polar surface area (TPSA) is 46.5 Å². The Morgan fingerprint density at radius 2 is 1.92 bits per heavy atom. The molecule has 0 saturated heterocycles. The number of hydrogen-bond acceptors (Lipinski definition) is 3. The Morgan fingerprint density at radius 1 is 1.12 bits per heavy atom. The van der Waals surface area contributed by atoms with Crippen LogP contribution >= 0.6 is 0 Å². The Morgan fingerprint density at radius 3 is 2.69 bits per heavy atom. The SMILES string of the molecule is CCCCCc1c2c(c3c(c(CC)c1=O)COC3)CC1(O)CCCC=C21. The quantitative estimate of drug-likeness (QED) is 0.805. The molecule has 3 heteroatoms. The van der Waals surface area contributed by atoms with Gasteiger partial charge in [-0.3, -0.25) is 4.79 Å².